The SMILES string of the molecule is CC1(C)c2cc(N(c3ccccc3)c3cc4c(c5ccccc35)-c3c(ccc5ccccc35)C4(C)C)ccc2-c2cc3c(cc21)-c1c(ccc2ccccc12)C3(C)C. The van der Waals surface area contributed by atoms with E-state index in [-0.39, 0.29) is 16.2 Å². The van der Waals surface area contributed by atoms with E-state index in [1.807, 2.05) is 0 Å². The molecule has 0 amide bonds. The van der Waals surface area contributed by atoms with Gasteiger partial charge in [0.1, 0.15) is 0 Å². The summed E-state index contributed by atoms with van der Waals surface area (Å²) in [4.78, 5) is 2.52. The molecule has 58 heavy (non-hydrogen) atoms. The van der Waals surface area contributed by atoms with Crippen LogP contribution in [-0.2, 0) is 16.2 Å². The van der Waals surface area contributed by atoms with Crippen molar-refractivity contribution in [3.63, 3.8) is 0 Å². The third kappa shape index (κ3) is 4.26. The van der Waals surface area contributed by atoms with Crippen LogP contribution < -0.4 is 4.90 Å². The van der Waals surface area contributed by atoms with Crippen LogP contribution in [0.25, 0.3) is 65.7 Å². The van der Waals surface area contributed by atoms with Crippen LogP contribution in [0, 0.1) is 0 Å². The first-order valence-electron chi connectivity index (χ1n) is 20.9. The first-order chi connectivity index (χ1) is 28.0. The Balaban J connectivity index is 1.07. The largest absolute Gasteiger partial charge is 0.310 e. The molecule has 0 saturated heterocycles. The number of anilines is 3. The first-order valence-corrected chi connectivity index (χ1v) is 20.9. The fraction of sp³-hybridized carbons (Fsp3) is 0.158. The maximum atomic E-state index is 2.55. The maximum Gasteiger partial charge on any atom is 0.0543 e. The van der Waals surface area contributed by atoms with E-state index in [0.717, 1.165) is 5.69 Å². The molecule has 1 nitrogen and oxygen atoms in total. The lowest BCUT2D eigenvalue weighted by atomic mass is 9.79. The van der Waals surface area contributed by atoms with Gasteiger partial charge in [-0.25, -0.2) is 0 Å². The molecule has 0 bridgehead atoms. The van der Waals surface area contributed by atoms with E-state index in [0.29, 0.717) is 0 Å². The van der Waals surface area contributed by atoms with Crippen molar-refractivity contribution in [1.82, 2.24) is 0 Å². The van der Waals surface area contributed by atoms with Gasteiger partial charge in [-0.05, 0) is 136 Å². The highest BCUT2D eigenvalue weighted by Crippen LogP contribution is 2.59. The molecule has 0 N–H and O–H groups in total. The average Bonchev–Trinajstić information content (AvgIpc) is 3.72. The van der Waals surface area contributed by atoms with Gasteiger partial charge >= 0.3 is 0 Å². The molecular weight excluding hydrogens is 699 g/mol. The average molecular weight is 744 g/mol. The summed E-state index contributed by atoms with van der Waals surface area (Å²) >= 11 is 0. The Morgan fingerprint density at radius 1 is 0.310 bits per heavy atom. The standard InChI is InChI=1S/C57H45N/c1-55(2)45-28-24-34-16-10-12-20-38(34)52(45)44-32-48-43(31-49(44)55)40-27-26-37(30-47(40)57(48,5)6)58(36-18-8-7-9-19-36)51-33-50-54(42-23-15-14-22-41(42)51)53-39-21-13-11-17-35(39)25-29-46(53)56(50,3)4/h7-33H,1-6H3. The van der Waals surface area contributed by atoms with Gasteiger partial charge in [0.2, 0.25) is 0 Å². The van der Waals surface area contributed by atoms with E-state index in [9.17, 15) is 0 Å². The second-order valence-electron chi connectivity index (χ2n) is 18.5. The monoisotopic (exact) mass is 743 g/mol. The van der Waals surface area contributed by atoms with E-state index in [4.69, 9.17) is 0 Å². The van der Waals surface area contributed by atoms with Crippen molar-refractivity contribution in [2.75, 3.05) is 4.90 Å². The van der Waals surface area contributed by atoms with Crippen LogP contribution >= 0.6 is 0 Å². The van der Waals surface area contributed by atoms with Gasteiger partial charge in [-0.1, -0.05) is 163 Å². The Labute approximate surface area is 341 Å². The predicted molar refractivity (Wildman–Crippen MR) is 246 cm³/mol. The summed E-state index contributed by atoms with van der Waals surface area (Å²) in [6.45, 7) is 14.5. The molecule has 0 heterocycles. The molecule has 0 aliphatic heterocycles. The Kier molecular flexibility index (Phi) is 6.60. The zero-order valence-corrected chi connectivity index (χ0v) is 34.0. The number of benzene rings is 9. The van der Waals surface area contributed by atoms with Crippen LogP contribution in [0.5, 0.6) is 0 Å². The third-order valence-electron chi connectivity index (χ3n) is 14.4. The van der Waals surface area contributed by atoms with Gasteiger partial charge in [-0.3, -0.25) is 0 Å². The molecule has 12 rings (SSSR count). The summed E-state index contributed by atoms with van der Waals surface area (Å²) in [7, 11) is 0. The van der Waals surface area contributed by atoms with Gasteiger partial charge in [0, 0.05) is 33.0 Å². The summed E-state index contributed by atoms with van der Waals surface area (Å²) in [5.41, 5.74) is 19.8. The summed E-state index contributed by atoms with van der Waals surface area (Å²) in [5.74, 6) is 0. The molecule has 0 fully saturated rings. The van der Waals surface area contributed by atoms with Crippen molar-refractivity contribution in [3.8, 4) is 33.4 Å². The fourth-order valence-corrected chi connectivity index (χ4v) is 11.4. The van der Waals surface area contributed by atoms with Crippen LogP contribution in [0.3, 0.4) is 0 Å². The van der Waals surface area contributed by atoms with E-state index in [2.05, 4.69) is 210 Å². The fourth-order valence-electron chi connectivity index (χ4n) is 11.4. The molecule has 0 unspecified atom stereocenters. The van der Waals surface area contributed by atoms with E-state index < -0.39 is 0 Å². The quantitative estimate of drug-likeness (QED) is 0.174. The second kappa shape index (κ2) is 11.4. The Bertz CT molecular complexity index is 3250. The molecule has 9 aromatic carbocycles. The number of hydrogen-bond donors (Lipinski definition) is 0. The minimum atomic E-state index is -0.194. The summed E-state index contributed by atoms with van der Waals surface area (Å²) in [6.07, 6.45) is 0. The minimum absolute atomic E-state index is 0.0883. The minimum Gasteiger partial charge on any atom is -0.310 e. The number of rotatable bonds is 3. The van der Waals surface area contributed by atoms with Gasteiger partial charge in [-0.2, -0.15) is 0 Å². The number of para-hydroxylation sites is 1. The van der Waals surface area contributed by atoms with Gasteiger partial charge in [0.25, 0.3) is 0 Å². The van der Waals surface area contributed by atoms with E-state index in [1.165, 1.54) is 110 Å². The van der Waals surface area contributed by atoms with Crippen LogP contribution in [-0.4, -0.2) is 0 Å². The number of fused-ring (bicyclic) bond motifs is 15. The van der Waals surface area contributed by atoms with Crippen LogP contribution in [0.2, 0.25) is 0 Å². The van der Waals surface area contributed by atoms with Crippen LogP contribution in [0.15, 0.2) is 164 Å². The molecule has 278 valence electrons. The van der Waals surface area contributed by atoms with Crippen molar-refractivity contribution >= 4 is 49.4 Å². The van der Waals surface area contributed by atoms with Gasteiger partial charge in [-0.15, -0.1) is 0 Å². The van der Waals surface area contributed by atoms with Gasteiger partial charge in [0.15, 0.2) is 0 Å². The zero-order chi connectivity index (χ0) is 39.3. The number of hydrogen-bond acceptors (Lipinski definition) is 1. The number of nitrogens with zero attached hydrogens (tertiary/aromatic N) is 1. The van der Waals surface area contributed by atoms with E-state index >= 15 is 0 Å². The molecule has 0 radical (unpaired) electrons. The highest BCUT2D eigenvalue weighted by Gasteiger charge is 2.43. The van der Waals surface area contributed by atoms with Crippen molar-refractivity contribution in [1.29, 1.82) is 0 Å². The van der Waals surface area contributed by atoms with Crippen LogP contribution in [0.1, 0.15) is 74.9 Å². The van der Waals surface area contributed by atoms with E-state index in [1.54, 1.807) is 0 Å². The Morgan fingerprint density at radius 2 is 0.810 bits per heavy atom. The first kappa shape index (κ1) is 33.7. The smallest absolute Gasteiger partial charge is 0.0543 e. The molecule has 9 aromatic rings. The molecule has 0 saturated carbocycles. The highest BCUT2D eigenvalue weighted by atomic mass is 15.1. The Hall–Kier alpha value is -6.44. The Morgan fingerprint density at radius 3 is 1.52 bits per heavy atom. The van der Waals surface area contributed by atoms with Gasteiger partial charge in [0.05, 0.1) is 5.69 Å². The molecule has 1 heteroatoms. The van der Waals surface area contributed by atoms with Gasteiger partial charge < -0.3 is 4.90 Å². The topological polar surface area (TPSA) is 3.24 Å². The normalized spacial score (nSPS) is 15.8. The van der Waals surface area contributed by atoms with Crippen molar-refractivity contribution in [2.45, 2.75) is 57.8 Å². The third-order valence-corrected chi connectivity index (χ3v) is 14.4. The summed E-state index contributed by atoms with van der Waals surface area (Å²) < 4.78 is 0. The maximum absolute atomic E-state index is 2.55. The lowest BCUT2D eigenvalue weighted by Gasteiger charge is -2.31. The highest BCUT2D eigenvalue weighted by molar-refractivity contribution is 6.15. The predicted octanol–water partition coefficient (Wildman–Crippen LogP) is 15.5. The van der Waals surface area contributed by atoms with Crippen molar-refractivity contribution in [3.05, 3.63) is 197 Å². The lowest BCUT2D eigenvalue weighted by Crippen LogP contribution is -2.18. The summed E-state index contributed by atoms with van der Waals surface area (Å²) in [6, 6.07) is 62.1. The van der Waals surface area contributed by atoms with Crippen molar-refractivity contribution < 1.29 is 0 Å². The van der Waals surface area contributed by atoms with Crippen LogP contribution in [0.4, 0.5) is 17.1 Å². The van der Waals surface area contributed by atoms with Crippen molar-refractivity contribution in [2.24, 2.45) is 0 Å². The molecule has 0 aromatic heterocycles. The lowest BCUT2D eigenvalue weighted by molar-refractivity contribution is 0.652. The molecule has 0 spiro atoms. The second-order valence-corrected chi connectivity index (χ2v) is 18.5. The molecule has 3 aliphatic carbocycles. The zero-order valence-electron chi connectivity index (χ0n) is 34.0. The molecule has 0 atom stereocenters. The molecule has 3 aliphatic rings. The summed E-state index contributed by atoms with van der Waals surface area (Å²) in [5, 5.41) is 7.83. The molecular formula is C57H45N.